The molecule has 110 valence electrons. The van der Waals surface area contributed by atoms with Crippen LogP contribution < -0.4 is 4.57 Å². The van der Waals surface area contributed by atoms with Crippen LogP contribution in [0.5, 0.6) is 0 Å². The van der Waals surface area contributed by atoms with E-state index in [1.165, 1.54) is 0 Å². The molecule has 0 aliphatic rings. The van der Waals surface area contributed by atoms with Crippen LogP contribution in [0.1, 0.15) is 32.9 Å². The van der Waals surface area contributed by atoms with E-state index in [-0.39, 0.29) is 5.78 Å². The van der Waals surface area contributed by atoms with Crippen LogP contribution in [-0.4, -0.2) is 10.9 Å². The van der Waals surface area contributed by atoms with Crippen molar-refractivity contribution in [3.05, 3.63) is 83.0 Å². The zero-order valence-electron chi connectivity index (χ0n) is 12.6. The molecule has 0 saturated heterocycles. The normalized spacial score (nSPS) is 10.6. The maximum Gasteiger partial charge on any atom is 0.193 e. The molecule has 0 saturated carbocycles. The Morgan fingerprint density at radius 1 is 1.05 bits per heavy atom. The summed E-state index contributed by atoms with van der Waals surface area (Å²) < 4.78 is 7.18. The third kappa shape index (κ3) is 2.81. The van der Waals surface area contributed by atoms with Gasteiger partial charge in [-0.25, -0.2) is 4.57 Å². The fourth-order valence-electron chi connectivity index (χ4n) is 2.38. The molecule has 3 aromatic rings. The number of benzene rings is 1. The lowest BCUT2D eigenvalue weighted by Gasteiger charge is -2.01. The van der Waals surface area contributed by atoms with Crippen LogP contribution in [0.4, 0.5) is 0 Å². The number of nitrogens with zero attached hydrogens (tertiary/aromatic N) is 2. The van der Waals surface area contributed by atoms with E-state index in [9.17, 15) is 4.79 Å². The molecule has 0 bridgehead atoms. The Balaban J connectivity index is 1.80. The Kier molecular flexibility index (Phi) is 3.83. The molecule has 2 aromatic heterocycles. The first kappa shape index (κ1) is 14.2. The summed E-state index contributed by atoms with van der Waals surface area (Å²) in [6.45, 7) is 4.52. The lowest BCUT2D eigenvalue weighted by atomic mass is 10.0. The number of aryl methyl sites for hydroxylation is 2. The second-order valence-electron chi connectivity index (χ2n) is 5.26. The summed E-state index contributed by atoms with van der Waals surface area (Å²) in [6.07, 6.45) is 3.81. The summed E-state index contributed by atoms with van der Waals surface area (Å²) in [5.74, 6) is 0.861. The van der Waals surface area contributed by atoms with Crippen molar-refractivity contribution < 1.29 is 13.9 Å². The van der Waals surface area contributed by atoms with Crippen molar-refractivity contribution in [2.24, 2.45) is 0 Å². The van der Waals surface area contributed by atoms with Crippen molar-refractivity contribution in [3.63, 3.8) is 0 Å². The van der Waals surface area contributed by atoms with Gasteiger partial charge in [0, 0.05) is 23.3 Å². The van der Waals surface area contributed by atoms with Gasteiger partial charge in [-0.15, -0.1) is 0 Å². The molecule has 0 fully saturated rings. The van der Waals surface area contributed by atoms with Gasteiger partial charge in [0.05, 0.1) is 11.3 Å². The molecule has 3 rings (SSSR count). The predicted octanol–water partition coefficient (Wildman–Crippen LogP) is 2.86. The van der Waals surface area contributed by atoms with E-state index in [1.807, 2.05) is 73.3 Å². The first-order valence-electron chi connectivity index (χ1n) is 7.16. The molecule has 0 atom stereocenters. The molecule has 0 aliphatic heterocycles. The summed E-state index contributed by atoms with van der Waals surface area (Å²) in [5, 5.41) is 3.96. The Hall–Kier alpha value is -2.75. The zero-order chi connectivity index (χ0) is 15.5. The second kappa shape index (κ2) is 5.93. The van der Waals surface area contributed by atoms with Gasteiger partial charge in [0.15, 0.2) is 24.7 Å². The molecule has 4 nitrogen and oxygen atoms in total. The Bertz CT molecular complexity index is 770. The summed E-state index contributed by atoms with van der Waals surface area (Å²) in [6, 6.07) is 13.0. The predicted molar refractivity (Wildman–Crippen MR) is 81.6 cm³/mol. The van der Waals surface area contributed by atoms with E-state index in [2.05, 4.69) is 5.16 Å². The minimum absolute atomic E-state index is 0.0325. The average molecular weight is 293 g/mol. The fourth-order valence-corrected chi connectivity index (χ4v) is 2.38. The second-order valence-corrected chi connectivity index (χ2v) is 5.26. The van der Waals surface area contributed by atoms with E-state index in [1.54, 1.807) is 0 Å². The van der Waals surface area contributed by atoms with Gasteiger partial charge in [-0.1, -0.05) is 35.5 Å². The van der Waals surface area contributed by atoms with E-state index in [0.29, 0.717) is 17.7 Å². The van der Waals surface area contributed by atoms with Crippen LogP contribution in [0.2, 0.25) is 0 Å². The smallest absolute Gasteiger partial charge is 0.193 e. The van der Waals surface area contributed by atoms with Crippen LogP contribution >= 0.6 is 0 Å². The van der Waals surface area contributed by atoms with Crippen molar-refractivity contribution in [3.8, 4) is 0 Å². The Morgan fingerprint density at radius 3 is 2.27 bits per heavy atom. The number of aromatic nitrogens is 2. The lowest BCUT2D eigenvalue weighted by Crippen LogP contribution is -2.34. The number of carbonyl (C=O) groups is 1. The zero-order valence-corrected chi connectivity index (χ0v) is 12.6. The van der Waals surface area contributed by atoms with E-state index >= 15 is 0 Å². The van der Waals surface area contributed by atoms with Gasteiger partial charge in [-0.3, -0.25) is 4.79 Å². The summed E-state index contributed by atoms with van der Waals surface area (Å²) >= 11 is 0. The van der Waals surface area contributed by atoms with Crippen molar-refractivity contribution in [2.75, 3.05) is 0 Å². The molecule has 0 N–H and O–H groups in total. The number of carbonyl (C=O) groups excluding carboxylic acids is 1. The maximum atomic E-state index is 12.3. The van der Waals surface area contributed by atoms with Gasteiger partial charge < -0.3 is 4.52 Å². The molecule has 0 aliphatic carbocycles. The van der Waals surface area contributed by atoms with Crippen molar-refractivity contribution in [1.82, 2.24) is 5.16 Å². The van der Waals surface area contributed by atoms with Crippen LogP contribution in [-0.2, 0) is 6.54 Å². The number of rotatable bonds is 4. The van der Waals surface area contributed by atoms with E-state index < -0.39 is 0 Å². The van der Waals surface area contributed by atoms with Crippen molar-refractivity contribution in [2.45, 2.75) is 20.4 Å². The third-order valence-electron chi connectivity index (χ3n) is 3.71. The molecular formula is C18H17N2O2+. The largest absolute Gasteiger partial charge is 0.361 e. The summed E-state index contributed by atoms with van der Waals surface area (Å²) in [4.78, 5) is 12.3. The van der Waals surface area contributed by atoms with Crippen molar-refractivity contribution >= 4 is 5.78 Å². The number of hydrogen-bond acceptors (Lipinski definition) is 3. The van der Waals surface area contributed by atoms with E-state index in [4.69, 9.17) is 4.52 Å². The van der Waals surface area contributed by atoms with Crippen LogP contribution in [0, 0.1) is 13.8 Å². The van der Waals surface area contributed by atoms with Crippen LogP contribution in [0.3, 0.4) is 0 Å². The monoisotopic (exact) mass is 293 g/mol. The highest BCUT2D eigenvalue weighted by Gasteiger charge is 2.15. The van der Waals surface area contributed by atoms with Crippen LogP contribution in [0.25, 0.3) is 0 Å². The van der Waals surface area contributed by atoms with E-state index in [0.717, 1.165) is 17.0 Å². The molecule has 0 amide bonds. The topological polar surface area (TPSA) is 47.0 Å². The average Bonchev–Trinajstić information content (AvgIpc) is 2.88. The van der Waals surface area contributed by atoms with Gasteiger partial charge in [-0.2, -0.15) is 0 Å². The molecule has 2 heterocycles. The Labute approximate surface area is 129 Å². The summed E-state index contributed by atoms with van der Waals surface area (Å²) in [5.41, 5.74) is 3.36. The van der Waals surface area contributed by atoms with Gasteiger partial charge >= 0.3 is 0 Å². The number of hydrogen-bond donors (Lipinski definition) is 0. The summed E-state index contributed by atoms with van der Waals surface area (Å²) in [7, 11) is 0. The number of ketones is 1. The molecule has 0 unspecified atom stereocenters. The minimum atomic E-state index is 0.0325. The minimum Gasteiger partial charge on any atom is -0.361 e. The quantitative estimate of drug-likeness (QED) is 0.549. The highest BCUT2D eigenvalue weighted by molar-refractivity contribution is 6.08. The lowest BCUT2D eigenvalue weighted by molar-refractivity contribution is -0.688. The maximum absolute atomic E-state index is 12.3. The first-order chi connectivity index (χ1) is 10.6. The third-order valence-corrected chi connectivity index (χ3v) is 3.71. The van der Waals surface area contributed by atoms with Gasteiger partial charge in [0.2, 0.25) is 0 Å². The fraction of sp³-hybridized carbons (Fsp3) is 0.167. The molecule has 4 heteroatoms. The highest BCUT2D eigenvalue weighted by atomic mass is 16.5. The molecule has 0 radical (unpaired) electrons. The van der Waals surface area contributed by atoms with Gasteiger partial charge in [0.25, 0.3) is 0 Å². The van der Waals surface area contributed by atoms with Gasteiger partial charge in [-0.05, 0) is 13.8 Å². The Morgan fingerprint density at radius 2 is 1.68 bits per heavy atom. The first-order valence-corrected chi connectivity index (χ1v) is 7.16. The molecule has 0 spiro atoms. The number of pyridine rings is 1. The standard InChI is InChI=1S/C18H17N2O2/c1-13-17(14(2)22-19-13)12-20-10-8-16(9-11-20)18(21)15-6-4-3-5-7-15/h3-11H,12H2,1-2H3/q+1. The van der Waals surface area contributed by atoms with Crippen LogP contribution in [0.15, 0.2) is 59.4 Å². The van der Waals surface area contributed by atoms with Gasteiger partial charge in [0.1, 0.15) is 5.76 Å². The molecule has 22 heavy (non-hydrogen) atoms. The molecular weight excluding hydrogens is 276 g/mol. The molecule has 1 aromatic carbocycles. The van der Waals surface area contributed by atoms with Crippen molar-refractivity contribution in [1.29, 1.82) is 0 Å². The highest BCUT2D eigenvalue weighted by Crippen LogP contribution is 2.12. The SMILES string of the molecule is Cc1noc(C)c1C[n+]1ccc(C(=O)c2ccccc2)cc1.